The quantitative estimate of drug-likeness (QED) is 0.586. The molecule has 0 radical (unpaired) electrons. The summed E-state index contributed by atoms with van der Waals surface area (Å²) < 4.78 is 0. The number of hydrogen-bond acceptors (Lipinski definition) is 2. The van der Waals surface area contributed by atoms with Gasteiger partial charge < -0.3 is 0 Å². The van der Waals surface area contributed by atoms with Gasteiger partial charge in [0.05, 0.1) is 6.04 Å². The number of unbranched alkanes of at least 4 members (excludes halogenated alkanes) is 1. The maximum absolute atomic E-state index is 11.9. The highest BCUT2D eigenvalue weighted by Gasteiger charge is 2.18. The molecule has 0 aliphatic carbocycles. The highest BCUT2D eigenvalue weighted by atomic mass is 16.1. The van der Waals surface area contributed by atoms with E-state index in [0.29, 0.717) is 5.78 Å². The Kier molecular flexibility index (Phi) is 8.68. The number of Topliss-reactive ketones (excluding diaryl/α,β-unsaturated/α-hetero) is 1. The van der Waals surface area contributed by atoms with Gasteiger partial charge in [-0.25, -0.2) is 0 Å². The molecule has 0 heterocycles. The smallest absolute Gasteiger partial charge is 0.149 e. The van der Waals surface area contributed by atoms with Gasteiger partial charge in [0.25, 0.3) is 0 Å². The van der Waals surface area contributed by atoms with Crippen molar-refractivity contribution < 1.29 is 4.79 Å². The van der Waals surface area contributed by atoms with E-state index >= 15 is 0 Å². The Morgan fingerprint density at radius 3 is 2.00 bits per heavy atom. The van der Waals surface area contributed by atoms with Gasteiger partial charge >= 0.3 is 0 Å². The van der Waals surface area contributed by atoms with Crippen LogP contribution in [0.5, 0.6) is 0 Å². The lowest BCUT2D eigenvalue weighted by Gasteiger charge is -2.27. The lowest BCUT2D eigenvalue weighted by Crippen LogP contribution is -2.39. The molecule has 0 aromatic carbocycles. The van der Waals surface area contributed by atoms with E-state index in [1.807, 2.05) is 0 Å². The summed E-state index contributed by atoms with van der Waals surface area (Å²) in [7, 11) is 0. The average molecular weight is 213 g/mol. The molecule has 0 N–H and O–H groups in total. The summed E-state index contributed by atoms with van der Waals surface area (Å²) >= 11 is 0. The molecule has 1 atom stereocenters. The van der Waals surface area contributed by atoms with Crippen molar-refractivity contribution in [2.75, 3.05) is 13.1 Å². The van der Waals surface area contributed by atoms with E-state index in [-0.39, 0.29) is 6.04 Å². The normalized spacial score (nSPS) is 13.1. The molecule has 90 valence electrons. The zero-order chi connectivity index (χ0) is 11.7. The largest absolute Gasteiger partial charge is 0.298 e. The molecular weight excluding hydrogens is 186 g/mol. The number of hydrogen-bond donors (Lipinski definition) is 0. The SMILES string of the molecule is CCCCC(=O)[C@@H](C)N(CCC)CCC. The third-order valence-corrected chi connectivity index (χ3v) is 2.81. The molecule has 0 aromatic heterocycles. The summed E-state index contributed by atoms with van der Waals surface area (Å²) in [5, 5.41) is 0. The third kappa shape index (κ3) is 5.93. The Morgan fingerprint density at radius 1 is 1.07 bits per heavy atom. The maximum Gasteiger partial charge on any atom is 0.149 e. The minimum atomic E-state index is 0.122. The molecule has 0 fully saturated rings. The molecule has 0 amide bonds. The van der Waals surface area contributed by atoms with Crippen LogP contribution in [0.25, 0.3) is 0 Å². The van der Waals surface area contributed by atoms with Gasteiger partial charge in [-0.1, -0.05) is 27.2 Å². The molecule has 0 unspecified atom stereocenters. The van der Waals surface area contributed by atoms with E-state index in [2.05, 4.69) is 32.6 Å². The standard InChI is InChI=1S/C13H27NO/c1-5-8-9-13(15)12(4)14(10-6-2)11-7-3/h12H,5-11H2,1-4H3/t12-/m1/s1. The van der Waals surface area contributed by atoms with E-state index < -0.39 is 0 Å². The Morgan fingerprint density at radius 2 is 1.60 bits per heavy atom. The molecule has 0 aliphatic rings. The minimum absolute atomic E-state index is 0.122. The molecule has 0 bridgehead atoms. The van der Waals surface area contributed by atoms with Gasteiger partial charge in [0.15, 0.2) is 0 Å². The number of rotatable bonds is 9. The molecular formula is C13H27NO. The molecule has 0 spiro atoms. The fourth-order valence-electron chi connectivity index (χ4n) is 1.84. The first-order valence-corrected chi connectivity index (χ1v) is 6.44. The fourth-order valence-corrected chi connectivity index (χ4v) is 1.84. The van der Waals surface area contributed by atoms with Crippen LogP contribution < -0.4 is 0 Å². The van der Waals surface area contributed by atoms with E-state index in [1.54, 1.807) is 0 Å². The van der Waals surface area contributed by atoms with Gasteiger partial charge in [-0.05, 0) is 39.3 Å². The van der Waals surface area contributed by atoms with Crippen LogP contribution in [0.4, 0.5) is 0 Å². The molecule has 2 heteroatoms. The zero-order valence-electron chi connectivity index (χ0n) is 10.9. The lowest BCUT2D eigenvalue weighted by atomic mass is 10.1. The van der Waals surface area contributed by atoms with E-state index in [0.717, 1.165) is 45.2 Å². The molecule has 15 heavy (non-hydrogen) atoms. The number of ketones is 1. The Labute approximate surface area is 95.0 Å². The number of carbonyl (C=O) groups excluding carboxylic acids is 1. The molecule has 0 saturated heterocycles. The molecule has 0 saturated carbocycles. The Hall–Kier alpha value is -0.370. The first-order valence-electron chi connectivity index (χ1n) is 6.44. The molecule has 2 nitrogen and oxygen atoms in total. The van der Waals surface area contributed by atoms with Crippen molar-refractivity contribution in [3.05, 3.63) is 0 Å². The second-order valence-corrected chi connectivity index (χ2v) is 4.28. The topological polar surface area (TPSA) is 20.3 Å². The summed E-state index contributed by atoms with van der Waals surface area (Å²) in [5.74, 6) is 0.416. The van der Waals surface area contributed by atoms with Gasteiger partial charge in [0.1, 0.15) is 5.78 Å². The van der Waals surface area contributed by atoms with E-state index in [4.69, 9.17) is 0 Å². The van der Waals surface area contributed by atoms with Gasteiger partial charge in [0.2, 0.25) is 0 Å². The highest BCUT2D eigenvalue weighted by Crippen LogP contribution is 2.07. The maximum atomic E-state index is 11.9. The van der Waals surface area contributed by atoms with Gasteiger partial charge in [-0.3, -0.25) is 9.69 Å². The number of carbonyl (C=O) groups is 1. The van der Waals surface area contributed by atoms with Crippen LogP contribution in [0.3, 0.4) is 0 Å². The molecule has 0 aromatic rings. The van der Waals surface area contributed by atoms with Crippen molar-refractivity contribution in [1.82, 2.24) is 4.90 Å². The second-order valence-electron chi connectivity index (χ2n) is 4.28. The van der Waals surface area contributed by atoms with Crippen LogP contribution in [0.1, 0.15) is 59.8 Å². The van der Waals surface area contributed by atoms with Crippen molar-refractivity contribution in [3.63, 3.8) is 0 Å². The van der Waals surface area contributed by atoms with Crippen LogP contribution >= 0.6 is 0 Å². The van der Waals surface area contributed by atoms with Crippen LogP contribution in [0.2, 0.25) is 0 Å². The summed E-state index contributed by atoms with van der Waals surface area (Å²) in [6, 6.07) is 0.122. The summed E-state index contributed by atoms with van der Waals surface area (Å²) in [6.45, 7) is 10.6. The second kappa shape index (κ2) is 8.90. The first-order chi connectivity index (χ1) is 7.17. The molecule has 0 aliphatic heterocycles. The summed E-state index contributed by atoms with van der Waals surface area (Å²) in [5.41, 5.74) is 0. The summed E-state index contributed by atoms with van der Waals surface area (Å²) in [4.78, 5) is 14.2. The average Bonchev–Trinajstić information content (AvgIpc) is 2.24. The van der Waals surface area contributed by atoms with Crippen LogP contribution in [0.15, 0.2) is 0 Å². The number of nitrogens with zero attached hydrogens (tertiary/aromatic N) is 1. The van der Waals surface area contributed by atoms with Crippen LogP contribution in [-0.4, -0.2) is 29.8 Å². The predicted octanol–water partition coefficient (Wildman–Crippen LogP) is 3.26. The predicted molar refractivity (Wildman–Crippen MR) is 66.1 cm³/mol. The third-order valence-electron chi connectivity index (χ3n) is 2.81. The van der Waals surface area contributed by atoms with Crippen molar-refractivity contribution >= 4 is 5.78 Å². The fraction of sp³-hybridized carbons (Fsp3) is 0.923. The Balaban J connectivity index is 4.08. The van der Waals surface area contributed by atoms with Crippen molar-refractivity contribution in [2.24, 2.45) is 0 Å². The van der Waals surface area contributed by atoms with Gasteiger partial charge in [-0.15, -0.1) is 0 Å². The van der Waals surface area contributed by atoms with Gasteiger partial charge in [-0.2, -0.15) is 0 Å². The molecule has 0 rings (SSSR count). The lowest BCUT2D eigenvalue weighted by molar-refractivity contribution is -0.123. The van der Waals surface area contributed by atoms with Crippen molar-refractivity contribution in [3.8, 4) is 0 Å². The van der Waals surface area contributed by atoms with Gasteiger partial charge in [0, 0.05) is 6.42 Å². The van der Waals surface area contributed by atoms with E-state index in [1.165, 1.54) is 0 Å². The Bertz CT molecular complexity index is 162. The zero-order valence-corrected chi connectivity index (χ0v) is 10.9. The monoisotopic (exact) mass is 213 g/mol. The van der Waals surface area contributed by atoms with E-state index in [9.17, 15) is 4.79 Å². The summed E-state index contributed by atoms with van der Waals surface area (Å²) in [6.07, 6.45) is 5.16. The van der Waals surface area contributed by atoms with Crippen LogP contribution in [0, 0.1) is 0 Å². The van der Waals surface area contributed by atoms with Crippen molar-refractivity contribution in [1.29, 1.82) is 0 Å². The highest BCUT2D eigenvalue weighted by molar-refractivity contribution is 5.83. The minimum Gasteiger partial charge on any atom is -0.298 e. The van der Waals surface area contributed by atoms with Crippen LogP contribution in [-0.2, 0) is 4.79 Å². The first kappa shape index (κ1) is 14.6. The van der Waals surface area contributed by atoms with Crippen molar-refractivity contribution in [2.45, 2.75) is 65.8 Å².